The van der Waals surface area contributed by atoms with Crippen LogP contribution in [0, 0.1) is 6.92 Å². The molecule has 1 aromatic rings. The van der Waals surface area contributed by atoms with E-state index in [1.165, 1.54) is 11.8 Å². The first-order valence-corrected chi connectivity index (χ1v) is 3.03. The Hall–Kier alpha value is -1.40. The molecular formula is C8H8N2. The van der Waals surface area contributed by atoms with Gasteiger partial charge in [-0.2, -0.15) is 10.4 Å². The topological polar surface area (TPSA) is 26.2 Å². The van der Waals surface area contributed by atoms with Crippen LogP contribution in [0.25, 0.3) is 11.6 Å². The Morgan fingerprint density at radius 1 is 1.50 bits per heavy atom. The van der Waals surface area contributed by atoms with E-state index in [2.05, 4.69) is 0 Å². The maximum Gasteiger partial charge on any atom is 0.194 e. The fourth-order valence-corrected chi connectivity index (χ4v) is 0.665. The van der Waals surface area contributed by atoms with E-state index in [1.54, 1.807) is 4.57 Å². The lowest BCUT2D eigenvalue weighted by atomic mass is 10.3. The van der Waals surface area contributed by atoms with Crippen LogP contribution in [-0.4, -0.2) is 5.87 Å². The van der Waals surface area contributed by atoms with Crippen molar-refractivity contribution in [3.05, 3.63) is 35.5 Å². The van der Waals surface area contributed by atoms with E-state index < -0.39 is 0 Å². The second-order valence-electron chi connectivity index (χ2n) is 2.08. The van der Waals surface area contributed by atoms with Gasteiger partial charge in [-0.1, -0.05) is 0 Å². The summed E-state index contributed by atoms with van der Waals surface area (Å²) in [6.45, 7) is 2.01. The van der Waals surface area contributed by atoms with E-state index in [4.69, 9.17) is 5.41 Å². The van der Waals surface area contributed by atoms with Crippen molar-refractivity contribution in [3.63, 3.8) is 0 Å². The van der Waals surface area contributed by atoms with Gasteiger partial charge in [0.05, 0.1) is 0 Å². The molecule has 0 aliphatic heterocycles. The molecule has 1 heterocycles. The van der Waals surface area contributed by atoms with Crippen LogP contribution in [0.2, 0.25) is 0 Å². The van der Waals surface area contributed by atoms with Crippen LogP contribution in [0.4, 0.5) is 0 Å². The number of nitrogens with zero attached hydrogens (tertiary/aromatic N) is 2. The third-order valence-corrected chi connectivity index (χ3v) is 1.23. The minimum atomic E-state index is 1.20. The third-order valence-electron chi connectivity index (χ3n) is 1.23. The summed E-state index contributed by atoms with van der Waals surface area (Å²) in [6.07, 6.45) is 5.14. The van der Waals surface area contributed by atoms with Crippen molar-refractivity contribution in [1.82, 2.24) is 0 Å². The van der Waals surface area contributed by atoms with Crippen LogP contribution in [0.3, 0.4) is 0 Å². The smallest absolute Gasteiger partial charge is 0.194 e. The molecule has 0 saturated heterocycles. The molecule has 0 spiro atoms. The first-order valence-electron chi connectivity index (χ1n) is 3.03. The quantitative estimate of drug-likeness (QED) is 0.402. The Morgan fingerprint density at radius 2 is 2.10 bits per heavy atom. The molecule has 2 heteroatoms. The molecule has 0 N–H and O–H groups in total. The van der Waals surface area contributed by atoms with Crippen LogP contribution in [-0.2, 0) is 0 Å². The van der Waals surface area contributed by atoms with Crippen molar-refractivity contribution >= 4 is 12.1 Å². The van der Waals surface area contributed by atoms with Gasteiger partial charge in [-0.25, -0.2) is 0 Å². The lowest BCUT2D eigenvalue weighted by Gasteiger charge is -1.86. The largest absolute Gasteiger partial charge is 0.758 e. The number of hydrogen-bond donors (Lipinski definition) is 0. The van der Waals surface area contributed by atoms with Crippen LogP contribution in [0.1, 0.15) is 5.56 Å². The SMILES string of the molecule is Cc1cc[n+](C=C=[N-])cc1. The van der Waals surface area contributed by atoms with Crippen molar-refractivity contribution in [2.75, 3.05) is 0 Å². The Morgan fingerprint density at radius 3 is 2.60 bits per heavy atom. The van der Waals surface area contributed by atoms with Gasteiger partial charge in [-0.15, -0.1) is 0 Å². The van der Waals surface area contributed by atoms with Crippen LogP contribution in [0.15, 0.2) is 24.5 Å². The molecule has 1 rings (SSSR count). The molecule has 0 amide bonds. The average molecular weight is 132 g/mol. The maximum atomic E-state index is 8.26. The van der Waals surface area contributed by atoms with Crippen LogP contribution >= 0.6 is 0 Å². The second kappa shape index (κ2) is 2.95. The molecule has 0 radical (unpaired) electrons. The fraction of sp³-hybridized carbons (Fsp3) is 0.125. The summed E-state index contributed by atoms with van der Waals surface area (Å²) < 4.78 is 1.72. The zero-order valence-corrected chi connectivity index (χ0v) is 5.78. The molecule has 0 unspecified atom stereocenters. The van der Waals surface area contributed by atoms with Gasteiger partial charge in [0.25, 0.3) is 0 Å². The molecule has 50 valence electrons. The van der Waals surface area contributed by atoms with Gasteiger partial charge >= 0.3 is 0 Å². The minimum absolute atomic E-state index is 1.20. The Bertz CT molecular complexity index is 255. The van der Waals surface area contributed by atoms with Gasteiger partial charge in [0.15, 0.2) is 18.6 Å². The molecule has 0 aliphatic carbocycles. The van der Waals surface area contributed by atoms with E-state index in [1.807, 2.05) is 37.3 Å². The van der Waals surface area contributed by atoms with Crippen molar-refractivity contribution in [2.24, 2.45) is 0 Å². The highest BCUT2D eigenvalue weighted by molar-refractivity contribution is 5.66. The van der Waals surface area contributed by atoms with Crippen molar-refractivity contribution in [3.8, 4) is 0 Å². The Balaban J connectivity index is 3.00. The molecule has 0 fully saturated rings. The zero-order chi connectivity index (χ0) is 7.40. The van der Waals surface area contributed by atoms with Gasteiger partial charge < -0.3 is 5.41 Å². The van der Waals surface area contributed by atoms with Crippen molar-refractivity contribution in [2.45, 2.75) is 6.92 Å². The molecule has 0 atom stereocenters. The van der Waals surface area contributed by atoms with Crippen molar-refractivity contribution < 1.29 is 4.57 Å². The fourth-order valence-electron chi connectivity index (χ4n) is 0.665. The standard InChI is InChI=1S/C8H8N2/c1-8-2-5-10(6-3-8)7-4-9/h2-3,5-7H,1H3. The molecule has 1 aromatic heterocycles. The van der Waals surface area contributed by atoms with Gasteiger partial charge in [0.2, 0.25) is 0 Å². The third kappa shape index (κ3) is 1.54. The zero-order valence-electron chi connectivity index (χ0n) is 5.78. The van der Waals surface area contributed by atoms with E-state index in [0.717, 1.165) is 0 Å². The monoisotopic (exact) mass is 132 g/mol. The number of aromatic nitrogens is 1. The molecule has 0 bridgehead atoms. The Labute approximate surface area is 60.0 Å². The highest BCUT2D eigenvalue weighted by Crippen LogP contribution is 1.88. The summed E-state index contributed by atoms with van der Waals surface area (Å²) in [5, 5.41) is 8.26. The number of pyridine rings is 1. The normalized spacial score (nSPS) is 8.50. The lowest BCUT2D eigenvalue weighted by molar-refractivity contribution is -0.566. The highest BCUT2D eigenvalue weighted by atomic mass is 14.9. The average Bonchev–Trinajstić information content (AvgIpc) is 1.95. The van der Waals surface area contributed by atoms with Gasteiger partial charge in [-0.05, 0) is 12.5 Å². The van der Waals surface area contributed by atoms with Gasteiger partial charge in [0, 0.05) is 12.1 Å². The molecule has 0 aromatic carbocycles. The molecular weight excluding hydrogens is 124 g/mol. The van der Waals surface area contributed by atoms with E-state index >= 15 is 0 Å². The number of aryl methyl sites for hydroxylation is 1. The molecule has 2 nitrogen and oxygen atoms in total. The summed E-state index contributed by atoms with van der Waals surface area (Å²) in [6, 6.07) is 3.90. The predicted molar refractivity (Wildman–Crippen MR) is 40.5 cm³/mol. The molecule has 0 aliphatic rings. The van der Waals surface area contributed by atoms with Gasteiger partial charge in [0.1, 0.15) is 0 Å². The van der Waals surface area contributed by atoms with E-state index in [9.17, 15) is 0 Å². The number of rotatable bonds is 1. The van der Waals surface area contributed by atoms with E-state index in [-0.39, 0.29) is 0 Å². The summed E-state index contributed by atoms with van der Waals surface area (Å²) in [4.78, 5) is 0. The number of hydrogen-bond acceptors (Lipinski definition) is 0. The van der Waals surface area contributed by atoms with E-state index in [0.29, 0.717) is 0 Å². The molecule has 10 heavy (non-hydrogen) atoms. The summed E-state index contributed by atoms with van der Waals surface area (Å²) in [5.74, 6) is 1.94. The Kier molecular flexibility index (Phi) is 1.98. The summed E-state index contributed by atoms with van der Waals surface area (Å²) >= 11 is 0. The first-order chi connectivity index (χ1) is 4.83. The first kappa shape index (κ1) is 6.72. The molecule has 0 saturated carbocycles. The maximum absolute atomic E-state index is 8.26. The summed E-state index contributed by atoms with van der Waals surface area (Å²) in [5.41, 5.74) is 1.20. The van der Waals surface area contributed by atoms with Crippen molar-refractivity contribution in [1.29, 1.82) is 0 Å². The second-order valence-corrected chi connectivity index (χ2v) is 2.08. The lowest BCUT2D eigenvalue weighted by Crippen LogP contribution is -2.23. The van der Waals surface area contributed by atoms with Crippen LogP contribution in [0.5, 0.6) is 0 Å². The van der Waals surface area contributed by atoms with Gasteiger partial charge in [-0.3, -0.25) is 0 Å². The predicted octanol–water partition coefficient (Wildman–Crippen LogP) is 0.992. The highest BCUT2D eigenvalue weighted by Gasteiger charge is 1.89. The van der Waals surface area contributed by atoms with Crippen LogP contribution < -0.4 is 4.57 Å². The summed E-state index contributed by atoms with van der Waals surface area (Å²) in [7, 11) is 0. The minimum Gasteiger partial charge on any atom is -0.758 e.